The van der Waals surface area contributed by atoms with Crippen molar-refractivity contribution in [1.82, 2.24) is 16.0 Å². The fraction of sp³-hybridized carbons (Fsp3) is 0.652. The van der Waals surface area contributed by atoms with Gasteiger partial charge in [-0.2, -0.15) is 0 Å². The van der Waals surface area contributed by atoms with Gasteiger partial charge in [-0.3, -0.25) is 9.59 Å². The summed E-state index contributed by atoms with van der Waals surface area (Å²) < 4.78 is 26.7. The number of carbonyl (C=O) groups is 2. The molecule has 9 heteroatoms. The molecule has 1 aromatic rings. The predicted molar refractivity (Wildman–Crippen MR) is 128 cm³/mol. The van der Waals surface area contributed by atoms with Crippen molar-refractivity contribution in [3.63, 3.8) is 0 Å². The molecule has 0 bridgehead atoms. The Morgan fingerprint density at radius 3 is 2.16 bits per heavy atom. The zero-order valence-corrected chi connectivity index (χ0v) is 21.2. The number of rotatable bonds is 7. The Hall–Kier alpha value is -1.71. The number of nitrogens with one attached hydrogen (secondary N) is 3. The van der Waals surface area contributed by atoms with Crippen molar-refractivity contribution in [2.45, 2.75) is 77.2 Å². The first-order chi connectivity index (χ1) is 15.3. The van der Waals surface area contributed by atoms with Crippen LogP contribution < -0.4 is 16.0 Å². The number of hydrogen-bond acceptors (Lipinski definition) is 5. The molecule has 3 atom stereocenters. The molecule has 1 fully saturated rings. The molecule has 2 rings (SSSR count). The van der Waals surface area contributed by atoms with Gasteiger partial charge in [0, 0.05) is 30.5 Å². The van der Waals surface area contributed by atoms with E-state index in [0.717, 1.165) is 30.0 Å². The van der Waals surface area contributed by atoms with Gasteiger partial charge in [0.05, 0.1) is 12.0 Å². The Balaban J connectivity index is 0. The van der Waals surface area contributed by atoms with Gasteiger partial charge in [-0.15, -0.1) is 0 Å². The molecule has 3 unspecified atom stereocenters. The van der Waals surface area contributed by atoms with E-state index in [4.69, 9.17) is 0 Å². The number of aliphatic hydroxyl groups is 1. The highest BCUT2D eigenvalue weighted by Crippen LogP contribution is 2.26. The van der Waals surface area contributed by atoms with Gasteiger partial charge in [-0.05, 0) is 25.6 Å². The van der Waals surface area contributed by atoms with Gasteiger partial charge in [0.25, 0.3) is 0 Å². The maximum atomic E-state index is 13.4. The van der Waals surface area contributed by atoms with Gasteiger partial charge in [0.15, 0.2) is 0 Å². The van der Waals surface area contributed by atoms with Gasteiger partial charge < -0.3 is 21.1 Å². The maximum absolute atomic E-state index is 13.4. The normalized spacial score (nSPS) is 16.4. The van der Waals surface area contributed by atoms with Crippen LogP contribution in [-0.4, -0.2) is 48.5 Å². The van der Waals surface area contributed by atoms with E-state index < -0.39 is 29.0 Å². The number of likely N-dealkylation sites (N-methyl/N-ethyl adjacent to an activating group) is 1. The highest BCUT2D eigenvalue weighted by atomic mass is 32.2. The molecule has 0 spiro atoms. The Bertz CT molecular complexity index is 621. The Morgan fingerprint density at radius 2 is 1.72 bits per heavy atom. The Kier molecular flexibility index (Phi) is 20.2. The summed E-state index contributed by atoms with van der Waals surface area (Å²) in [7, 11) is 1.64. The summed E-state index contributed by atoms with van der Waals surface area (Å²) in [5.41, 5.74) is 0. The predicted octanol–water partition coefficient (Wildman–Crippen LogP) is 4.07. The third-order valence-corrected chi connectivity index (χ3v) is 4.98. The van der Waals surface area contributed by atoms with Crippen LogP contribution in [-0.2, 0) is 9.59 Å². The molecule has 1 aliphatic heterocycles. The molecular formula is C23H41F2N3O3S. The minimum absolute atomic E-state index is 0.0968. The van der Waals surface area contributed by atoms with E-state index >= 15 is 0 Å². The van der Waals surface area contributed by atoms with Crippen molar-refractivity contribution < 1.29 is 23.5 Å². The number of hydrogen-bond donors (Lipinski definition) is 4. The van der Waals surface area contributed by atoms with Crippen LogP contribution in [0, 0.1) is 17.6 Å². The second-order valence-electron chi connectivity index (χ2n) is 6.52. The first-order valence-electron chi connectivity index (χ1n) is 11.3. The fourth-order valence-electron chi connectivity index (χ4n) is 2.48. The van der Waals surface area contributed by atoms with Crippen molar-refractivity contribution >= 4 is 23.6 Å². The fourth-order valence-corrected chi connectivity index (χ4v) is 3.56. The molecule has 1 heterocycles. The topological polar surface area (TPSA) is 90.5 Å². The summed E-state index contributed by atoms with van der Waals surface area (Å²) in [5.74, 6) is -2.27. The molecule has 4 N–H and O–H groups in total. The SMILES string of the molecule is CC.CC.CCC.CNCC(O)C(NC(=O)C1CCC(=O)NC1)Sc1cc(F)cc(F)c1. The van der Waals surface area contributed by atoms with Crippen molar-refractivity contribution in [2.24, 2.45) is 5.92 Å². The van der Waals surface area contributed by atoms with Crippen LogP contribution in [0.5, 0.6) is 0 Å². The minimum Gasteiger partial charge on any atom is -0.389 e. The van der Waals surface area contributed by atoms with Crippen LogP contribution in [0.2, 0.25) is 0 Å². The first kappa shape index (κ1) is 32.5. The zero-order chi connectivity index (χ0) is 25.1. The lowest BCUT2D eigenvalue weighted by Crippen LogP contribution is -2.50. The summed E-state index contributed by atoms with van der Waals surface area (Å²) in [6, 6.07) is 3.03. The molecule has 0 aliphatic carbocycles. The molecule has 0 aromatic heterocycles. The Morgan fingerprint density at radius 1 is 1.19 bits per heavy atom. The quantitative estimate of drug-likeness (QED) is 0.351. The van der Waals surface area contributed by atoms with E-state index in [2.05, 4.69) is 29.8 Å². The Labute approximate surface area is 196 Å². The lowest BCUT2D eigenvalue weighted by atomic mass is 9.98. The molecule has 186 valence electrons. The van der Waals surface area contributed by atoms with Gasteiger partial charge in [-0.25, -0.2) is 8.78 Å². The van der Waals surface area contributed by atoms with Crippen LogP contribution in [0.1, 0.15) is 60.8 Å². The largest absolute Gasteiger partial charge is 0.389 e. The smallest absolute Gasteiger partial charge is 0.225 e. The summed E-state index contributed by atoms with van der Waals surface area (Å²) in [5, 5.41) is 17.6. The molecule has 1 aromatic carbocycles. The summed E-state index contributed by atoms with van der Waals surface area (Å²) in [6.45, 7) is 12.7. The van der Waals surface area contributed by atoms with E-state index in [9.17, 15) is 23.5 Å². The van der Waals surface area contributed by atoms with E-state index in [1.54, 1.807) is 7.05 Å². The number of benzene rings is 1. The molecule has 0 saturated carbocycles. The zero-order valence-electron chi connectivity index (χ0n) is 20.4. The van der Waals surface area contributed by atoms with Crippen molar-refractivity contribution in [2.75, 3.05) is 20.1 Å². The number of aliphatic hydroxyl groups excluding tert-OH is 1. The molecule has 0 radical (unpaired) electrons. The number of amides is 2. The number of piperidine rings is 1. The second kappa shape index (κ2) is 19.9. The van der Waals surface area contributed by atoms with E-state index in [-0.39, 0.29) is 36.2 Å². The van der Waals surface area contributed by atoms with Crippen LogP contribution in [0.15, 0.2) is 23.1 Å². The summed E-state index contributed by atoms with van der Waals surface area (Å²) in [6.07, 6.45) is 0.971. The molecule has 1 aliphatic rings. The standard InChI is InChI=1S/C16H21F2N3O3S.C3H8.2C2H6/c1-19-8-13(22)16(25-12-5-10(17)4-11(18)6-12)21-15(24)9-2-3-14(23)20-7-9;1-3-2;2*1-2/h4-6,9,13,16,19,22H,2-3,7-8H2,1H3,(H,20,23)(H,21,24);3H2,1-2H3;2*1-2H3. The monoisotopic (exact) mass is 477 g/mol. The van der Waals surface area contributed by atoms with Gasteiger partial charge in [0.2, 0.25) is 11.8 Å². The van der Waals surface area contributed by atoms with Crippen molar-refractivity contribution in [3.8, 4) is 0 Å². The van der Waals surface area contributed by atoms with Crippen LogP contribution in [0.25, 0.3) is 0 Å². The maximum Gasteiger partial charge on any atom is 0.225 e. The van der Waals surface area contributed by atoms with Crippen LogP contribution in [0.4, 0.5) is 8.78 Å². The van der Waals surface area contributed by atoms with E-state index in [1.807, 2.05) is 27.7 Å². The number of halogens is 2. The highest BCUT2D eigenvalue weighted by molar-refractivity contribution is 8.00. The third kappa shape index (κ3) is 13.6. The minimum atomic E-state index is -0.969. The summed E-state index contributed by atoms with van der Waals surface area (Å²) >= 11 is 0.969. The third-order valence-electron chi connectivity index (χ3n) is 3.78. The van der Waals surface area contributed by atoms with Crippen molar-refractivity contribution in [1.29, 1.82) is 0 Å². The lowest BCUT2D eigenvalue weighted by molar-refractivity contribution is -0.129. The second-order valence-corrected chi connectivity index (χ2v) is 7.74. The van der Waals surface area contributed by atoms with Crippen LogP contribution >= 0.6 is 11.8 Å². The average molecular weight is 478 g/mol. The molecular weight excluding hydrogens is 436 g/mol. The molecule has 6 nitrogen and oxygen atoms in total. The molecule has 32 heavy (non-hydrogen) atoms. The van der Waals surface area contributed by atoms with E-state index in [1.165, 1.54) is 6.42 Å². The van der Waals surface area contributed by atoms with Gasteiger partial charge >= 0.3 is 0 Å². The van der Waals surface area contributed by atoms with Gasteiger partial charge in [-0.1, -0.05) is 59.7 Å². The highest BCUT2D eigenvalue weighted by Gasteiger charge is 2.29. The average Bonchev–Trinajstić information content (AvgIpc) is 2.76. The van der Waals surface area contributed by atoms with Gasteiger partial charge in [0.1, 0.15) is 17.0 Å². The first-order valence-corrected chi connectivity index (χ1v) is 12.2. The number of carbonyl (C=O) groups excluding carboxylic acids is 2. The lowest BCUT2D eigenvalue weighted by Gasteiger charge is -2.27. The summed E-state index contributed by atoms with van der Waals surface area (Å²) in [4.78, 5) is 23.8. The van der Waals surface area contributed by atoms with Crippen LogP contribution in [0.3, 0.4) is 0 Å². The molecule has 1 saturated heterocycles. The van der Waals surface area contributed by atoms with Crippen molar-refractivity contribution in [3.05, 3.63) is 29.8 Å². The number of thioether (sulfide) groups is 1. The van der Waals surface area contributed by atoms with E-state index in [0.29, 0.717) is 6.42 Å². The molecule has 2 amide bonds.